The number of ketones is 2. The lowest BCUT2D eigenvalue weighted by atomic mass is 9.89. The summed E-state index contributed by atoms with van der Waals surface area (Å²) in [6.07, 6.45) is 4.60. The molecule has 0 aliphatic heterocycles. The van der Waals surface area contributed by atoms with Crippen molar-refractivity contribution in [1.29, 1.82) is 0 Å². The van der Waals surface area contributed by atoms with E-state index in [0.29, 0.717) is 22.5 Å². The Labute approximate surface area is 200 Å². The second kappa shape index (κ2) is 9.14. The topological polar surface area (TPSA) is 50.1 Å². The summed E-state index contributed by atoms with van der Waals surface area (Å²) in [5, 5.41) is 3.37. The van der Waals surface area contributed by atoms with Crippen molar-refractivity contribution in [3.05, 3.63) is 100 Å². The highest BCUT2D eigenvalue weighted by Gasteiger charge is 2.39. The average Bonchev–Trinajstić information content (AvgIpc) is 2.72. The third kappa shape index (κ3) is 4.19. The molecule has 5 heteroatoms. The molecule has 31 heavy (non-hydrogen) atoms. The third-order valence-electron chi connectivity index (χ3n) is 5.48. The van der Waals surface area contributed by atoms with Gasteiger partial charge in [-0.3, -0.25) is 9.59 Å². The Hall–Kier alpha value is -2.80. The van der Waals surface area contributed by atoms with Gasteiger partial charge in [-0.25, -0.2) is 0 Å². The lowest BCUT2D eigenvalue weighted by molar-refractivity contribution is -0.578. The maximum atomic E-state index is 13.6. The predicted molar refractivity (Wildman–Crippen MR) is 119 cm³/mol. The van der Waals surface area contributed by atoms with Gasteiger partial charge in [-0.2, -0.15) is 4.57 Å². The summed E-state index contributed by atoms with van der Waals surface area (Å²) in [5.41, 5.74) is 6.61. The summed E-state index contributed by atoms with van der Waals surface area (Å²) >= 11 is 0. The Morgan fingerprint density at radius 2 is 1.45 bits per heavy atom. The normalized spacial score (nSPS) is 13.0. The molecule has 1 N–H and O–H groups in total. The molecule has 0 radical (unpaired) electrons. The maximum Gasteiger partial charge on any atom is 0.286 e. The average molecular weight is 524 g/mol. The molecule has 0 amide bonds. The van der Waals surface area contributed by atoms with Crippen LogP contribution in [0.3, 0.4) is 0 Å². The van der Waals surface area contributed by atoms with E-state index in [-0.39, 0.29) is 35.5 Å². The number of allylic oxidation sites excluding steroid dienone is 2. The molecule has 0 bridgehead atoms. The summed E-state index contributed by atoms with van der Waals surface area (Å²) in [6.45, 7) is 8.05. The predicted octanol–water partition coefficient (Wildman–Crippen LogP) is 1.83. The molecule has 0 saturated carbocycles. The van der Waals surface area contributed by atoms with Crippen molar-refractivity contribution >= 4 is 23.0 Å². The summed E-state index contributed by atoms with van der Waals surface area (Å²) < 4.78 is 1.78. The lowest BCUT2D eigenvalue weighted by Crippen LogP contribution is -3.00. The molecule has 0 spiro atoms. The van der Waals surface area contributed by atoms with Crippen molar-refractivity contribution < 1.29 is 38.1 Å². The number of aryl methyl sites for hydroxylation is 4. The number of nitrogens with one attached hydrogen (secondary N) is 1. The van der Waals surface area contributed by atoms with Crippen molar-refractivity contribution in [3.8, 4) is 0 Å². The number of carbonyl (C=O) groups is 2. The van der Waals surface area contributed by atoms with E-state index in [9.17, 15) is 9.59 Å². The van der Waals surface area contributed by atoms with Gasteiger partial charge in [-0.15, -0.1) is 0 Å². The number of anilines is 1. The first-order chi connectivity index (χ1) is 14.4. The molecular weight excluding hydrogens is 499 g/mol. The van der Waals surface area contributed by atoms with Crippen LogP contribution in [0.2, 0.25) is 0 Å². The number of carbonyl (C=O) groups excluding carboxylic acids is 2. The number of aromatic nitrogens is 1. The van der Waals surface area contributed by atoms with E-state index in [4.69, 9.17) is 0 Å². The zero-order chi connectivity index (χ0) is 21.4. The fourth-order valence-corrected chi connectivity index (χ4v) is 4.09. The van der Waals surface area contributed by atoms with Gasteiger partial charge in [0.1, 0.15) is 0 Å². The number of benzene rings is 2. The fraction of sp³-hybridized carbons (Fsp3) is 0.192. The Morgan fingerprint density at radius 3 is 2.06 bits per heavy atom. The number of nitrogens with zero attached hydrogens (tertiary/aromatic N) is 1. The highest BCUT2D eigenvalue weighted by molar-refractivity contribution is 6.36. The summed E-state index contributed by atoms with van der Waals surface area (Å²) in [6, 6.07) is 15.1. The zero-order valence-electron chi connectivity index (χ0n) is 18.1. The van der Waals surface area contributed by atoms with E-state index in [1.165, 1.54) is 0 Å². The van der Waals surface area contributed by atoms with E-state index in [1.54, 1.807) is 28.8 Å². The van der Waals surface area contributed by atoms with Crippen molar-refractivity contribution in [1.82, 2.24) is 0 Å². The second-order valence-electron chi connectivity index (χ2n) is 7.81. The van der Waals surface area contributed by atoms with Gasteiger partial charge in [0.15, 0.2) is 18.1 Å². The highest BCUT2D eigenvalue weighted by Crippen LogP contribution is 2.30. The molecular formula is C26H25IN2O2. The fourth-order valence-electron chi connectivity index (χ4n) is 4.09. The number of halogens is 1. The molecule has 2 aromatic carbocycles. The Kier molecular flexibility index (Phi) is 6.74. The smallest absolute Gasteiger partial charge is 0.286 e. The third-order valence-corrected chi connectivity index (χ3v) is 5.48. The van der Waals surface area contributed by atoms with Gasteiger partial charge in [0.05, 0.1) is 0 Å². The van der Waals surface area contributed by atoms with Crippen LogP contribution in [-0.4, -0.2) is 11.6 Å². The summed E-state index contributed by atoms with van der Waals surface area (Å²) in [7, 11) is 0. The Balaban J connectivity index is 0.00000272. The molecule has 1 heterocycles. The van der Waals surface area contributed by atoms with E-state index >= 15 is 0 Å². The quantitative estimate of drug-likeness (QED) is 0.419. The number of rotatable bonds is 4. The Bertz CT molecular complexity index is 1210. The number of Topliss-reactive ketones (excluding diaryl/α,β-unsaturated/α-hetero) is 2. The molecule has 0 fully saturated rings. The number of hydrogen-bond donors (Lipinski definition) is 1. The molecule has 1 aliphatic rings. The van der Waals surface area contributed by atoms with Crippen molar-refractivity contribution in [2.45, 2.75) is 34.1 Å². The number of pyridine rings is 1. The summed E-state index contributed by atoms with van der Waals surface area (Å²) in [4.78, 5) is 27.1. The first-order valence-electron chi connectivity index (χ1n) is 10.2. The van der Waals surface area contributed by atoms with Crippen molar-refractivity contribution in [2.24, 2.45) is 0 Å². The van der Waals surface area contributed by atoms with Crippen LogP contribution in [0.15, 0.2) is 66.6 Å². The molecule has 1 aromatic heterocycles. The van der Waals surface area contributed by atoms with Crippen LogP contribution in [0.4, 0.5) is 5.69 Å². The molecule has 0 saturated heterocycles. The monoisotopic (exact) mass is 524 g/mol. The summed E-state index contributed by atoms with van der Waals surface area (Å²) in [5.74, 6) is -0.327. The van der Waals surface area contributed by atoms with Gasteiger partial charge in [0.25, 0.3) is 11.5 Å². The van der Waals surface area contributed by atoms with Gasteiger partial charge in [-0.05, 0) is 44.4 Å². The highest BCUT2D eigenvalue weighted by atomic mass is 127. The van der Waals surface area contributed by atoms with Gasteiger partial charge >= 0.3 is 0 Å². The number of fused-ring (bicyclic) bond motifs is 1. The molecule has 3 aromatic rings. The van der Waals surface area contributed by atoms with Gasteiger partial charge < -0.3 is 29.3 Å². The van der Waals surface area contributed by atoms with Crippen LogP contribution in [0.25, 0.3) is 5.70 Å². The lowest BCUT2D eigenvalue weighted by Gasteiger charge is -2.21. The van der Waals surface area contributed by atoms with E-state index in [0.717, 1.165) is 34.4 Å². The van der Waals surface area contributed by atoms with Crippen molar-refractivity contribution in [2.75, 3.05) is 5.32 Å². The minimum atomic E-state index is -0.169. The molecule has 4 nitrogen and oxygen atoms in total. The van der Waals surface area contributed by atoms with E-state index < -0.39 is 0 Å². The van der Waals surface area contributed by atoms with Crippen LogP contribution >= 0.6 is 0 Å². The zero-order valence-corrected chi connectivity index (χ0v) is 20.3. The van der Waals surface area contributed by atoms with Crippen LogP contribution in [0, 0.1) is 20.8 Å². The minimum Gasteiger partial charge on any atom is -1.00 e. The largest absolute Gasteiger partial charge is 1.00 e. The molecule has 4 rings (SSSR count). The van der Waals surface area contributed by atoms with Crippen LogP contribution < -0.4 is 33.9 Å². The van der Waals surface area contributed by atoms with E-state index in [1.807, 2.05) is 57.4 Å². The first-order valence-corrected chi connectivity index (χ1v) is 10.2. The van der Waals surface area contributed by atoms with Gasteiger partial charge in [0.2, 0.25) is 5.78 Å². The number of hydrogen-bond acceptors (Lipinski definition) is 3. The molecule has 1 aliphatic carbocycles. The van der Waals surface area contributed by atoms with Crippen LogP contribution in [-0.2, 0) is 6.42 Å². The molecule has 0 atom stereocenters. The first kappa shape index (κ1) is 22.9. The minimum absolute atomic E-state index is 0. The second-order valence-corrected chi connectivity index (χ2v) is 7.81. The van der Waals surface area contributed by atoms with Crippen molar-refractivity contribution in [3.63, 3.8) is 0 Å². The van der Waals surface area contributed by atoms with E-state index in [2.05, 4.69) is 12.2 Å². The van der Waals surface area contributed by atoms with Crippen LogP contribution in [0.1, 0.15) is 49.9 Å². The van der Waals surface area contributed by atoms with Crippen LogP contribution in [0.5, 0.6) is 0 Å². The Morgan fingerprint density at radius 1 is 0.839 bits per heavy atom. The molecule has 158 valence electrons. The maximum absolute atomic E-state index is 13.6. The van der Waals surface area contributed by atoms with Gasteiger partial charge in [-0.1, -0.05) is 49.4 Å². The SMILES string of the molecule is CCc1cccc(C)c1NC1=C([n+]2cc(C)cc(C)c2)C(=O)c2ccccc2C1=O.[I-]. The van der Waals surface area contributed by atoms with Gasteiger partial charge in [0, 0.05) is 27.9 Å². The molecule has 0 unspecified atom stereocenters. The number of para-hydroxylation sites is 1. The standard InChI is InChI=1S/C26H24N2O2.HI/c1-5-19-10-8-9-18(4)22(19)27-23-24(28-14-16(2)13-17(3)15-28)26(30)21-12-7-6-11-20(21)25(23)29;/h6-15H,5H2,1-4H3;1H.